The number of hydrogen-bond acceptors (Lipinski definition) is 7. The first kappa shape index (κ1) is 18.6. The first-order valence-electron chi connectivity index (χ1n) is 6.86. The molecule has 136 valence electrons. The second-order valence-electron chi connectivity index (χ2n) is 5.08. The van der Waals surface area contributed by atoms with Gasteiger partial charge in [0.15, 0.2) is 22.4 Å². The molecule has 0 atom stereocenters. The van der Waals surface area contributed by atoms with Crippen LogP contribution < -0.4 is 4.72 Å². The molecule has 4 N–H and O–H groups in total. The van der Waals surface area contributed by atoms with E-state index >= 15 is 0 Å². The number of sulfonamides is 1. The van der Waals surface area contributed by atoms with Gasteiger partial charge >= 0.3 is 0 Å². The Morgan fingerprint density at radius 2 is 1.69 bits per heavy atom. The van der Waals surface area contributed by atoms with E-state index in [0.29, 0.717) is 16.3 Å². The van der Waals surface area contributed by atoms with Gasteiger partial charge in [0, 0.05) is 16.0 Å². The minimum absolute atomic E-state index is 0.0323. The van der Waals surface area contributed by atoms with Crippen molar-refractivity contribution in [2.45, 2.75) is 4.90 Å². The normalized spacial score (nSPS) is 11.5. The summed E-state index contributed by atoms with van der Waals surface area (Å²) in [7, 11) is -3.98. The molecule has 0 saturated carbocycles. The number of anilines is 1. The van der Waals surface area contributed by atoms with Crippen LogP contribution in [-0.2, 0) is 10.0 Å². The van der Waals surface area contributed by atoms with Crippen molar-refractivity contribution >= 4 is 49.7 Å². The number of benzene rings is 2. The van der Waals surface area contributed by atoms with E-state index in [1.807, 2.05) is 0 Å². The first-order valence-corrected chi connectivity index (χ1v) is 9.98. The standard InChI is InChI=1S/C15H10Cl2N2O5S2/c16-8-1-2-13(9(17)5-8)26(23,24)19-15-18-10(6-25-15)7-3-11(20)14(22)12(21)4-7/h1-6,20-22H,(H,18,19). The molecule has 0 unspecified atom stereocenters. The van der Waals surface area contributed by atoms with Crippen LogP contribution >= 0.6 is 34.5 Å². The van der Waals surface area contributed by atoms with Crippen molar-refractivity contribution < 1.29 is 23.7 Å². The Hall–Kier alpha value is -2.20. The predicted octanol–water partition coefficient (Wildman–Crippen LogP) is 4.03. The smallest absolute Gasteiger partial charge is 0.265 e. The average Bonchev–Trinajstić information content (AvgIpc) is 2.99. The molecule has 0 aliphatic rings. The van der Waals surface area contributed by atoms with Gasteiger partial charge in [0.1, 0.15) is 4.90 Å². The highest BCUT2D eigenvalue weighted by Crippen LogP contribution is 2.39. The van der Waals surface area contributed by atoms with Crippen LogP contribution in [0.4, 0.5) is 5.13 Å². The maximum atomic E-state index is 12.4. The highest BCUT2D eigenvalue weighted by atomic mass is 35.5. The largest absolute Gasteiger partial charge is 0.504 e. The lowest BCUT2D eigenvalue weighted by atomic mass is 10.1. The molecule has 0 aliphatic carbocycles. The predicted molar refractivity (Wildman–Crippen MR) is 99.8 cm³/mol. The lowest BCUT2D eigenvalue weighted by Crippen LogP contribution is -2.13. The van der Waals surface area contributed by atoms with Gasteiger partial charge in [-0.2, -0.15) is 0 Å². The number of nitrogens with one attached hydrogen (secondary N) is 1. The molecule has 0 radical (unpaired) electrons. The van der Waals surface area contributed by atoms with Gasteiger partial charge in [-0.15, -0.1) is 11.3 Å². The Morgan fingerprint density at radius 3 is 2.31 bits per heavy atom. The Balaban J connectivity index is 1.91. The van der Waals surface area contributed by atoms with Gasteiger partial charge in [-0.1, -0.05) is 23.2 Å². The Kier molecular flexibility index (Phi) is 4.89. The molecule has 0 fully saturated rings. The molecule has 11 heteroatoms. The maximum absolute atomic E-state index is 12.4. The third-order valence-corrected chi connectivity index (χ3v) is 6.22. The van der Waals surface area contributed by atoms with E-state index in [4.69, 9.17) is 23.2 Å². The van der Waals surface area contributed by atoms with Crippen LogP contribution in [0.25, 0.3) is 11.3 Å². The summed E-state index contributed by atoms with van der Waals surface area (Å²) in [5, 5.41) is 30.4. The summed E-state index contributed by atoms with van der Waals surface area (Å²) in [6.07, 6.45) is 0. The Bertz CT molecular complexity index is 1080. The summed E-state index contributed by atoms with van der Waals surface area (Å²) < 4.78 is 27.2. The fourth-order valence-corrected chi connectivity index (χ4v) is 4.81. The number of aromatic nitrogens is 1. The number of phenolic OH excluding ortho intramolecular Hbond substituents is 3. The third-order valence-electron chi connectivity index (χ3n) is 3.27. The number of halogens is 2. The van der Waals surface area contributed by atoms with Gasteiger partial charge < -0.3 is 15.3 Å². The molecule has 0 amide bonds. The van der Waals surface area contributed by atoms with Crippen molar-refractivity contribution in [2.24, 2.45) is 0 Å². The number of thiazole rings is 1. The van der Waals surface area contributed by atoms with Crippen LogP contribution in [0.1, 0.15) is 0 Å². The summed E-state index contributed by atoms with van der Waals surface area (Å²) in [5.41, 5.74) is 0.588. The molecule has 0 spiro atoms. The van der Waals surface area contributed by atoms with Crippen molar-refractivity contribution in [2.75, 3.05) is 4.72 Å². The molecule has 1 heterocycles. The van der Waals surface area contributed by atoms with E-state index in [9.17, 15) is 23.7 Å². The minimum Gasteiger partial charge on any atom is -0.504 e. The molecule has 7 nitrogen and oxygen atoms in total. The van der Waals surface area contributed by atoms with E-state index in [2.05, 4.69) is 9.71 Å². The van der Waals surface area contributed by atoms with E-state index in [-0.39, 0.29) is 15.0 Å². The van der Waals surface area contributed by atoms with Crippen molar-refractivity contribution in [3.8, 4) is 28.5 Å². The van der Waals surface area contributed by atoms with Gasteiger partial charge in [0.2, 0.25) is 0 Å². The zero-order chi connectivity index (χ0) is 19.1. The van der Waals surface area contributed by atoms with Crippen LogP contribution in [0.2, 0.25) is 10.0 Å². The van der Waals surface area contributed by atoms with Crippen molar-refractivity contribution in [1.82, 2.24) is 4.98 Å². The molecular weight excluding hydrogens is 423 g/mol. The lowest BCUT2D eigenvalue weighted by molar-refractivity contribution is 0.368. The van der Waals surface area contributed by atoms with E-state index in [0.717, 1.165) is 11.3 Å². The average molecular weight is 433 g/mol. The molecule has 0 bridgehead atoms. The number of nitrogens with zero attached hydrogens (tertiary/aromatic N) is 1. The van der Waals surface area contributed by atoms with Crippen LogP contribution in [0.5, 0.6) is 17.2 Å². The number of aromatic hydroxyl groups is 3. The van der Waals surface area contributed by atoms with Gasteiger partial charge in [0.05, 0.1) is 10.7 Å². The third kappa shape index (κ3) is 3.65. The summed E-state index contributed by atoms with van der Waals surface area (Å²) in [6, 6.07) is 6.37. The summed E-state index contributed by atoms with van der Waals surface area (Å²) in [5.74, 6) is -1.70. The Morgan fingerprint density at radius 1 is 1.04 bits per heavy atom. The number of rotatable bonds is 4. The highest BCUT2D eigenvalue weighted by molar-refractivity contribution is 7.93. The lowest BCUT2D eigenvalue weighted by Gasteiger charge is -2.07. The van der Waals surface area contributed by atoms with E-state index < -0.39 is 27.3 Å². The van der Waals surface area contributed by atoms with E-state index in [1.54, 1.807) is 0 Å². The molecule has 1 aromatic heterocycles. The van der Waals surface area contributed by atoms with Crippen LogP contribution in [-0.4, -0.2) is 28.7 Å². The molecule has 0 saturated heterocycles. The molecule has 3 aromatic rings. The monoisotopic (exact) mass is 432 g/mol. The quantitative estimate of drug-likeness (QED) is 0.461. The molecule has 26 heavy (non-hydrogen) atoms. The Labute approximate surface area is 162 Å². The molecule has 0 aliphatic heterocycles. The van der Waals surface area contributed by atoms with Crippen LogP contribution in [0.3, 0.4) is 0 Å². The fourth-order valence-electron chi connectivity index (χ4n) is 2.07. The van der Waals surface area contributed by atoms with Gasteiger partial charge in [-0.05, 0) is 30.3 Å². The molecule has 3 rings (SSSR count). The second kappa shape index (κ2) is 6.84. The summed E-state index contributed by atoms with van der Waals surface area (Å²) >= 11 is 12.7. The highest BCUT2D eigenvalue weighted by Gasteiger charge is 2.20. The topological polar surface area (TPSA) is 120 Å². The zero-order valence-electron chi connectivity index (χ0n) is 12.6. The minimum atomic E-state index is -3.98. The van der Waals surface area contributed by atoms with Crippen LogP contribution in [0.15, 0.2) is 40.6 Å². The number of hydrogen-bond donors (Lipinski definition) is 4. The van der Waals surface area contributed by atoms with Gasteiger partial charge in [-0.3, -0.25) is 4.72 Å². The fraction of sp³-hybridized carbons (Fsp3) is 0. The van der Waals surface area contributed by atoms with Crippen LogP contribution in [0, 0.1) is 0 Å². The van der Waals surface area contributed by atoms with Gasteiger partial charge in [-0.25, -0.2) is 13.4 Å². The molecular formula is C15H10Cl2N2O5S2. The van der Waals surface area contributed by atoms with Gasteiger partial charge in [0.25, 0.3) is 10.0 Å². The number of phenols is 3. The zero-order valence-corrected chi connectivity index (χ0v) is 15.8. The van der Waals surface area contributed by atoms with Crippen molar-refractivity contribution in [1.29, 1.82) is 0 Å². The summed E-state index contributed by atoms with van der Waals surface area (Å²) in [4.78, 5) is 3.95. The van der Waals surface area contributed by atoms with Crippen molar-refractivity contribution in [3.05, 3.63) is 45.8 Å². The SMILES string of the molecule is O=S(=O)(Nc1nc(-c2cc(O)c(O)c(O)c2)cs1)c1ccc(Cl)cc1Cl. The summed E-state index contributed by atoms with van der Waals surface area (Å²) in [6.45, 7) is 0. The van der Waals surface area contributed by atoms with Crippen molar-refractivity contribution in [3.63, 3.8) is 0 Å². The first-order chi connectivity index (χ1) is 12.2. The van der Waals surface area contributed by atoms with E-state index in [1.165, 1.54) is 35.7 Å². The maximum Gasteiger partial charge on any atom is 0.265 e. The second-order valence-corrected chi connectivity index (χ2v) is 8.43. The molecule has 2 aromatic carbocycles.